The van der Waals surface area contributed by atoms with Gasteiger partial charge in [-0.1, -0.05) is 53.5 Å². The van der Waals surface area contributed by atoms with Gasteiger partial charge in [0, 0.05) is 16.1 Å². The Labute approximate surface area is 165 Å². The first-order valence-electron chi connectivity index (χ1n) is 8.47. The zero-order chi connectivity index (χ0) is 18.3. The Kier molecular flexibility index (Phi) is 4.93. The summed E-state index contributed by atoms with van der Waals surface area (Å²) in [5, 5.41) is 11.8. The lowest BCUT2D eigenvalue weighted by Gasteiger charge is -2.31. The molecular formula is C20H17Cl2NO2S. The molecule has 3 nitrogen and oxygen atoms in total. The maximum atomic E-state index is 11.8. The van der Waals surface area contributed by atoms with Crippen molar-refractivity contribution in [2.75, 3.05) is 6.54 Å². The van der Waals surface area contributed by atoms with Crippen molar-refractivity contribution in [3.05, 3.63) is 69.0 Å². The van der Waals surface area contributed by atoms with Crippen molar-refractivity contribution >= 4 is 50.6 Å². The molecule has 0 amide bonds. The number of rotatable bonds is 4. The number of hydrogen-bond donors (Lipinski definition) is 1. The molecule has 2 aromatic carbocycles. The molecule has 1 aliphatic heterocycles. The minimum absolute atomic E-state index is 0.220. The fourth-order valence-corrected chi connectivity index (χ4v) is 5.34. The molecule has 1 saturated heterocycles. The predicted octanol–water partition coefficient (Wildman–Crippen LogP) is 5.85. The third kappa shape index (κ3) is 3.12. The quantitative estimate of drug-likeness (QED) is 0.591. The molecule has 3 aromatic rings. The number of carboxylic acids is 1. The van der Waals surface area contributed by atoms with E-state index in [1.807, 2.05) is 29.2 Å². The van der Waals surface area contributed by atoms with Crippen LogP contribution in [0.4, 0.5) is 0 Å². The Balaban J connectivity index is 1.89. The van der Waals surface area contributed by atoms with E-state index >= 15 is 0 Å². The number of carboxylic acid groups (broad SMARTS) is 1. The fraction of sp³-hybridized carbons (Fsp3) is 0.250. The highest BCUT2D eigenvalue weighted by Gasteiger charge is 2.38. The second-order valence-corrected chi connectivity index (χ2v) is 8.37. The Bertz CT molecular complexity index is 938. The summed E-state index contributed by atoms with van der Waals surface area (Å²) in [7, 11) is 0. The Morgan fingerprint density at radius 2 is 2.00 bits per heavy atom. The third-order valence-corrected chi connectivity index (χ3v) is 6.90. The van der Waals surface area contributed by atoms with E-state index in [1.165, 1.54) is 4.70 Å². The number of fused-ring (bicyclic) bond motifs is 1. The first kappa shape index (κ1) is 17.8. The van der Waals surface area contributed by atoms with E-state index in [-0.39, 0.29) is 6.04 Å². The van der Waals surface area contributed by atoms with Gasteiger partial charge in [-0.2, -0.15) is 0 Å². The molecule has 2 atom stereocenters. The van der Waals surface area contributed by atoms with Crippen LogP contribution in [0, 0.1) is 0 Å². The van der Waals surface area contributed by atoms with E-state index in [0.29, 0.717) is 16.5 Å². The van der Waals surface area contributed by atoms with E-state index in [0.717, 1.165) is 28.8 Å². The summed E-state index contributed by atoms with van der Waals surface area (Å²) in [5.74, 6) is -0.785. The molecule has 6 heteroatoms. The maximum Gasteiger partial charge on any atom is 0.320 e. The first-order valence-corrected chi connectivity index (χ1v) is 10.0. The van der Waals surface area contributed by atoms with Gasteiger partial charge in [0.25, 0.3) is 0 Å². The molecule has 26 heavy (non-hydrogen) atoms. The van der Waals surface area contributed by atoms with Gasteiger partial charge in [-0.05, 0) is 42.0 Å². The zero-order valence-electron chi connectivity index (χ0n) is 13.9. The molecule has 4 rings (SSSR count). The minimum atomic E-state index is -0.785. The summed E-state index contributed by atoms with van der Waals surface area (Å²) >= 11 is 14.5. The first-order chi connectivity index (χ1) is 12.6. The van der Waals surface area contributed by atoms with Crippen molar-refractivity contribution in [3.63, 3.8) is 0 Å². The molecule has 2 heterocycles. The Morgan fingerprint density at radius 3 is 2.77 bits per heavy atom. The summed E-state index contributed by atoms with van der Waals surface area (Å²) in [6, 6.07) is 15.2. The number of aliphatic carboxylic acids is 1. The summed E-state index contributed by atoms with van der Waals surface area (Å²) in [5.41, 5.74) is 0.860. The summed E-state index contributed by atoms with van der Waals surface area (Å²) in [6.07, 6.45) is 1.51. The maximum absolute atomic E-state index is 11.8. The van der Waals surface area contributed by atoms with Crippen LogP contribution in [0.1, 0.15) is 29.3 Å². The highest BCUT2D eigenvalue weighted by Crippen LogP contribution is 2.43. The van der Waals surface area contributed by atoms with Crippen molar-refractivity contribution in [2.45, 2.75) is 24.9 Å². The summed E-state index contributed by atoms with van der Waals surface area (Å²) < 4.78 is 1.18. The largest absolute Gasteiger partial charge is 0.480 e. The van der Waals surface area contributed by atoms with Gasteiger partial charge in [0.15, 0.2) is 0 Å². The predicted molar refractivity (Wildman–Crippen MR) is 107 cm³/mol. The molecule has 1 aromatic heterocycles. The number of likely N-dealkylation sites (tertiary alicyclic amines) is 1. The third-order valence-electron chi connectivity index (χ3n) is 4.90. The molecule has 1 aliphatic rings. The number of hydrogen-bond acceptors (Lipinski definition) is 3. The normalized spacial score (nSPS) is 19.1. The van der Waals surface area contributed by atoms with Gasteiger partial charge in [0.1, 0.15) is 6.04 Å². The van der Waals surface area contributed by atoms with Crippen LogP contribution in [0.3, 0.4) is 0 Å². The van der Waals surface area contributed by atoms with Crippen molar-refractivity contribution in [3.8, 4) is 0 Å². The lowest BCUT2D eigenvalue weighted by atomic mass is 10.0. The van der Waals surface area contributed by atoms with Crippen molar-refractivity contribution < 1.29 is 9.90 Å². The summed E-state index contributed by atoms with van der Waals surface area (Å²) in [4.78, 5) is 14.9. The second-order valence-electron chi connectivity index (χ2n) is 6.47. The van der Waals surface area contributed by atoms with Gasteiger partial charge < -0.3 is 5.11 Å². The molecule has 1 N–H and O–H groups in total. The summed E-state index contributed by atoms with van der Waals surface area (Å²) in [6.45, 7) is 0.721. The van der Waals surface area contributed by atoms with Crippen LogP contribution in [0.15, 0.2) is 48.5 Å². The lowest BCUT2D eigenvalue weighted by Crippen LogP contribution is -2.39. The molecular weight excluding hydrogens is 389 g/mol. The fourth-order valence-electron chi connectivity index (χ4n) is 3.73. The minimum Gasteiger partial charge on any atom is -0.480 e. The number of carbonyl (C=O) groups is 1. The van der Waals surface area contributed by atoms with Gasteiger partial charge in [-0.3, -0.25) is 9.69 Å². The smallest absolute Gasteiger partial charge is 0.320 e. The topological polar surface area (TPSA) is 40.5 Å². The van der Waals surface area contributed by atoms with Gasteiger partial charge in [-0.25, -0.2) is 0 Å². The number of halogens is 2. The van der Waals surface area contributed by atoms with Crippen LogP contribution in [-0.4, -0.2) is 28.6 Å². The highest BCUT2D eigenvalue weighted by atomic mass is 35.5. The van der Waals surface area contributed by atoms with E-state index in [2.05, 4.69) is 18.2 Å². The van der Waals surface area contributed by atoms with Crippen molar-refractivity contribution in [1.82, 2.24) is 4.90 Å². The molecule has 0 bridgehead atoms. The average Bonchev–Trinajstić information content (AvgIpc) is 3.26. The monoisotopic (exact) mass is 405 g/mol. The molecule has 0 aliphatic carbocycles. The van der Waals surface area contributed by atoms with E-state index in [9.17, 15) is 9.90 Å². The van der Waals surface area contributed by atoms with Gasteiger partial charge in [-0.15, -0.1) is 11.3 Å². The standard InChI is InChI=1S/C20H17Cl2NO2S/c21-14-7-3-6-13(18(14)22)19(23-10-4-8-15(23)20(24)25)17-11-12-5-1-2-9-16(12)26-17/h1-3,5-7,9,11,15,19H,4,8,10H2,(H,24,25). The number of nitrogens with zero attached hydrogens (tertiary/aromatic N) is 1. The van der Waals surface area contributed by atoms with E-state index in [1.54, 1.807) is 17.4 Å². The van der Waals surface area contributed by atoms with Crippen LogP contribution >= 0.6 is 34.5 Å². The Morgan fingerprint density at radius 1 is 1.19 bits per heavy atom. The molecule has 134 valence electrons. The van der Waals surface area contributed by atoms with Crippen LogP contribution < -0.4 is 0 Å². The van der Waals surface area contributed by atoms with Gasteiger partial charge >= 0.3 is 5.97 Å². The van der Waals surface area contributed by atoms with Gasteiger partial charge in [0.05, 0.1) is 16.1 Å². The van der Waals surface area contributed by atoms with Crippen molar-refractivity contribution in [1.29, 1.82) is 0 Å². The number of benzene rings is 2. The van der Waals surface area contributed by atoms with Crippen LogP contribution in [0.25, 0.3) is 10.1 Å². The molecule has 1 fully saturated rings. The molecule has 2 unspecified atom stereocenters. The van der Waals surface area contributed by atoms with Crippen molar-refractivity contribution in [2.24, 2.45) is 0 Å². The van der Waals surface area contributed by atoms with Crippen LogP contribution in [-0.2, 0) is 4.79 Å². The Hall–Kier alpha value is -1.59. The highest BCUT2D eigenvalue weighted by molar-refractivity contribution is 7.19. The second kappa shape index (κ2) is 7.20. The number of thiophene rings is 1. The average molecular weight is 406 g/mol. The lowest BCUT2D eigenvalue weighted by molar-refractivity contribution is -0.142. The zero-order valence-corrected chi connectivity index (χ0v) is 16.2. The van der Waals surface area contributed by atoms with Crippen LogP contribution in [0.5, 0.6) is 0 Å². The van der Waals surface area contributed by atoms with E-state index in [4.69, 9.17) is 23.2 Å². The molecule has 0 saturated carbocycles. The van der Waals surface area contributed by atoms with Crippen LogP contribution in [0.2, 0.25) is 10.0 Å². The van der Waals surface area contributed by atoms with Gasteiger partial charge in [0.2, 0.25) is 0 Å². The molecule has 0 spiro atoms. The SMILES string of the molecule is O=C(O)C1CCCN1C(c1cc2ccccc2s1)c1cccc(Cl)c1Cl. The van der Waals surface area contributed by atoms with E-state index < -0.39 is 12.0 Å². The molecule has 0 radical (unpaired) electrons.